The topological polar surface area (TPSA) is 68.0 Å². The van der Waals surface area contributed by atoms with Crippen molar-refractivity contribution in [3.8, 4) is 0 Å². The van der Waals surface area contributed by atoms with Crippen LogP contribution in [0.5, 0.6) is 0 Å². The van der Waals surface area contributed by atoms with Crippen LogP contribution in [0.2, 0.25) is 0 Å². The van der Waals surface area contributed by atoms with Crippen molar-refractivity contribution in [2.45, 2.75) is 26.8 Å². The van der Waals surface area contributed by atoms with Crippen LogP contribution in [0.15, 0.2) is 5.38 Å². The molecule has 1 amide bonds. The third-order valence-electron chi connectivity index (χ3n) is 2.19. The molecule has 16 heavy (non-hydrogen) atoms. The molecular weight excluding hydrogens is 242 g/mol. The van der Waals surface area contributed by atoms with Gasteiger partial charge >= 0.3 is 0 Å². The number of carbonyl (C=O) groups is 1. The number of aromatic nitrogens is 1. The number of nitrogens with two attached hydrogens (primary N) is 1. The first kappa shape index (κ1) is 13.1. The van der Waals surface area contributed by atoms with Gasteiger partial charge in [-0.15, -0.1) is 11.3 Å². The zero-order valence-electron chi connectivity index (χ0n) is 9.48. The van der Waals surface area contributed by atoms with Crippen molar-refractivity contribution in [2.24, 2.45) is 11.7 Å². The van der Waals surface area contributed by atoms with Crippen LogP contribution in [0.4, 0.5) is 0 Å². The lowest BCUT2D eigenvalue weighted by Gasteiger charge is -2.14. The molecule has 0 spiro atoms. The molecule has 0 saturated carbocycles. The SMILES string of the molecule is Cc1csc(C(C)NC(=O)C(C)C(N)=S)n1. The Balaban J connectivity index is 2.61. The average molecular weight is 257 g/mol. The lowest BCUT2D eigenvalue weighted by atomic mass is 10.1. The maximum Gasteiger partial charge on any atom is 0.230 e. The number of aryl methyl sites for hydroxylation is 1. The van der Waals surface area contributed by atoms with Gasteiger partial charge in [-0.05, 0) is 20.8 Å². The maximum absolute atomic E-state index is 11.7. The van der Waals surface area contributed by atoms with Crippen LogP contribution in [-0.2, 0) is 4.79 Å². The van der Waals surface area contributed by atoms with E-state index in [0.29, 0.717) is 0 Å². The molecule has 1 aromatic rings. The summed E-state index contributed by atoms with van der Waals surface area (Å²) in [5, 5.41) is 5.68. The molecule has 88 valence electrons. The van der Waals surface area contributed by atoms with Gasteiger partial charge < -0.3 is 11.1 Å². The molecule has 3 N–H and O–H groups in total. The minimum atomic E-state index is -0.446. The molecule has 0 aliphatic carbocycles. The number of thiocarbonyl (C=S) groups is 1. The van der Waals surface area contributed by atoms with E-state index in [2.05, 4.69) is 10.3 Å². The molecule has 0 aliphatic heterocycles. The van der Waals surface area contributed by atoms with Crippen LogP contribution < -0.4 is 11.1 Å². The summed E-state index contributed by atoms with van der Waals surface area (Å²) >= 11 is 6.30. The van der Waals surface area contributed by atoms with Crippen molar-refractivity contribution in [2.75, 3.05) is 0 Å². The van der Waals surface area contributed by atoms with Gasteiger partial charge in [-0.2, -0.15) is 0 Å². The van der Waals surface area contributed by atoms with E-state index in [1.54, 1.807) is 6.92 Å². The number of thiazole rings is 1. The molecule has 4 nitrogen and oxygen atoms in total. The summed E-state index contributed by atoms with van der Waals surface area (Å²) in [6, 6.07) is -0.108. The fourth-order valence-corrected chi connectivity index (χ4v) is 2.01. The molecule has 1 rings (SSSR count). The number of hydrogen-bond acceptors (Lipinski definition) is 4. The van der Waals surface area contributed by atoms with Crippen molar-refractivity contribution >= 4 is 34.5 Å². The number of carbonyl (C=O) groups excluding carboxylic acids is 1. The number of nitrogens with one attached hydrogen (secondary N) is 1. The van der Waals surface area contributed by atoms with Crippen LogP contribution in [0.25, 0.3) is 0 Å². The molecule has 0 fully saturated rings. The second kappa shape index (κ2) is 5.36. The zero-order chi connectivity index (χ0) is 12.3. The Morgan fingerprint density at radius 3 is 2.69 bits per heavy atom. The molecule has 1 aromatic heterocycles. The Morgan fingerprint density at radius 1 is 1.62 bits per heavy atom. The van der Waals surface area contributed by atoms with Crippen molar-refractivity contribution in [3.63, 3.8) is 0 Å². The van der Waals surface area contributed by atoms with Crippen LogP contribution in [0, 0.1) is 12.8 Å². The molecule has 0 bridgehead atoms. The highest BCUT2D eigenvalue weighted by Gasteiger charge is 2.19. The Kier molecular flexibility index (Phi) is 4.37. The Hall–Kier alpha value is -1.01. The summed E-state index contributed by atoms with van der Waals surface area (Å²) in [7, 11) is 0. The molecule has 0 radical (unpaired) electrons. The Labute approximate surface area is 104 Å². The number of rotatable bonds is 4. The molecular formula is C10H15N3OS2. The Morgan fingerprint density at radius 2 is 2.25 bits per heavy atom. The van der Waals surface area contributed by atoms with Crippen LogP contribution in [0.3, 0.4) is 0 Å². The second-order valence-corrected chi connectivity index (χ2v) is 5.04. The molecule has 0 aliphatic rings. The minimum Gasteiger partial charge on any atom is -0.393 e. The molecule has 6 heteroatoms. The van der Waals surface area contributed by atoms with E-state index in [9.17, 15) is 4.79 Å². The first-order chi connectivity index (χ1) is 7.41. The van der Waals surface area contributed by atoms with Crippen molar-refractivity contribution < 1.29 is 4.79 Å². The van der Waals surface area contributed by atoms with Crippen LogP contribution >= 0.6 is 23.6 Å². The largest absolute Gasteiger partial charge is 0.393 e. The third-order valence-corrected chi connectivity index (χ3v) is 3.68. The highest BCUT2D eigenvalue weighted by atomic mass is 32.1. The summed E-state index contributed by atoms with van der Waals surface area (Å²) in [4.78, 5) is 16.2. The summed E-state index contributed by atoms with van der Waals surface area (Å²) in [6.07, 6.45) is 0. The monoisotopic (exact) mass is 257 g/mol. The molecule has 1 heterocycles. The Bertz CT molecular complexity index is 403. The van der Waals surface area contributed by atoms with Gasteiger partial charge in [-0.3, -0.25) is 4.79 Å². The van der Waals surface area contributed by atoms with E-state index in [1.165, 1.54) is 11.3 Å². The number of hydrogen-bond donors (Lipinski definition) is 2. The van der Waals surface area contributed by atoms with Crippen molar-refractivity contribution in [3.05, 3.63) is 16.1 Å². The van der Waals surface area contributed by atoms with Gasteiger partial charge in [0.2, 0.25) is 5.91 Å². The lowest BCUT2D eigenvalue weighted by molar-refractivity contribution is -0.123. The normalized spacial score (nSPS) is 14.2. The third kappa shape index (κ3) is 3.24. The highest BCUT2D eigenvalue weighted by Crippen LogP contribution is 2.17. The molecule has 2 unspecified atom stereocenters. The van der Waals surface area contributed by atoms with Crippen LogP contribution in [-0.4, -0.2) is 15.9 Å². The molecule has 2 atom stereocenters. The van der Waals surface area contributed by atoms with Crippen molar-refractivity contribution in [1.29, 1.82) is 0 Å². The zero-order valence-corrected chi connectivity index (χ0v) is 11.1. The van der Waals surface area contributed by atoms with Gasteiger partial charge in [0.25, 0.3) is 0 Å². The second-order valence-electron chi connectivity index (χ2n) is 3.68. The maximum atomic E-state index is 11.7. The molecule has 0 aromatic carbocycles. The van der Waals surface area contributed by atoms with Gasteiger partial charge in [0, 0.05) is 11.1 Å². The molecule has 0 saturated heterocycles. The smallest absolute Gasteiger partial charge is 0.230 e. The van der Waals surface area contributed by atoms with E-state index in [1.807, 2.05) is 19.2 Å². The van der Waals surface area contributed by atoms with Gasteiger partial charge in [-0.25, -0.2) is 4.98 Å². The van der Waals surface area contributed by atoms with E-state index in [0.717, 1.165) is 10.7 Å². The van der Waals surface area contributed by atoms with Gasteiger partial charge in [0.1, 0.15) is 5.01 Å². The summed E-state index contributed by atoms with van der Waals surface area (Å²) in [5.74, 6) is -0.605. The first-order valence-electron chi connectivity index (χ1n) is 4.93. The predicted octanol–water partition coefficient (Wildman–Crippen LogP) is 1.55. The van der Waals surface area contributed by atoms with Gasteiger partial charge in [0.05, 0.1) is 16.9 Å². The summed E-state index contributed by atoms with van der Waals surface area (Å²) in [6.45, 7) is 5.51. The fourth-order valence-electron chi connectivity index (χ4n) is 1.10. The predicted molar refractivity (Wildman–Crippen MR) is 69.4 cm³/mol. The fraction of sp³-hybridized carbons (Fsp3) is 0.500. The van der Waals surface area contributed by atoms with E-state index < -0.39 is 5.92 Å². The number of nitrogens with zero attached hydrogens (tertiary/aromatic N) is 1. The van der Waals surface area contributed by atoms with Crippen molar-refractivity contribution in [1.82, 2.24) is 10.3 Å². The van der Waals surface area contributed by atoms with Gasteiger partial charge in [0.15, 0.2) is 0 Å². The van der Waals surface area contributed by atoms with E-state index in [-0.39, 0.29) is 16.9 Å². The minimum absolute atomic E-state index is 0.108. The first-order valence-corrected chi connectivity index (χ1v) is 6.22. The highest BCUT2D eigenvalue weighted by molar-refractivity contribution is 7.80. The lowest BCUT2D eigenvalue weighted by Crippen LogP contribution is -2.37. The van der Waals surface area contributed by atoms with E-state index in [4.69, 9.17) is 18.0 Å². The standard InChI is InChI=1S/C10H15N3OS2/c1-5-4-16-10(12-5)7(3)13-9(14)6(2)8(11)15/h4,6-7H,1-3H3,(H2,11,15)(H,13,14). The quantitative estimate of drug-likeness (QED) is 0.803. The van der Waals surface area contributed by atoms with Crippen LogP contribution in [0.1, 0.15) is 30.6 Å². The van der Waals surface area contributed by atoms with E-state index >= 15 is 0 Å². The average Bonchev–Trinajstić information content (AvgIpc) is 2.63. The summed E-state index contributed by atoms with van der Waals surface area (Å²) in [5.41, 5.74) is 6.37. The summed E-state index contributed by atoms with van der Waals surface area (Å²) < 4.78 is 0. The van der Waals surface area contributed by atoms with Gasteiger partial charge in [-0.1, -0.05) is 12.2 Å². The number of amides is 1.